The van der Waals surface area contributed by atoms with Crippen LogP contribution in [-0.4, -0.2) is 45.7 Å². The van der Waals surface area contributed by atoms with Crippen LogP contribution in [0.1, 0.15) is 5.56 Å². The summed E-state index contributed by atoms with van der Waals surface area (Å²) in [6.45, 7) is 0.870. The molecule has 0 saturated heterocycles. The summed E-state index contributed by atoms with van der Waals surface area (Å²) in [4.78, 5) is 23.5. The third kappa shape index (κ3) is 6.89. The normalized spacial score (nSPS) is 10.0. The van der Waals surface area contributed by atoms with Crippen molar-refractivity contribution in [2.24, 2.45) is 0 Å². The number of amides is 2. The lowest BCUT2D eigenvalue weighted by molar-refractivity contribution is -0.139. The molecule has 2 rings (SSSR count). The van der Waals surface area contributed by atoms with Gasteiger partial charge in [-0.15, -0.1) is 0 Å². The largest absolute Gasteiger partial charge is 0.497 e. The van der Waals surface area contributed by atoms with Gasteiger partial charge >= 0.3 is 11.8 Å². The van der Waals surface area contributed by atoms with Crippen molar-refractivity contribution in [3.63, 3.8) is 0 Å². The number of rotatable bonds is 9. The first-order valence-electron chi connectivity index (χ1n) is 8.58. The average molecular weight is 372 g/mol. The van der Waals surface area contributed by atoms with E-state index in [0.717, 1.165) is 17.1 Å². The molecule has 144 valence electrons. The second kappa shape index (κ2) is 10.7. The zero-order valence-electron chi connectivity index (χ0n) is 15.5. The Labute approximate surface area is 158 Å². The van der Waals surface area contributed by atoms with Crippen LogP contribution in [0, 0.1) is 0 Å². The van der Waals surface area contributed by atoms with E-state index in [1.807, 2.05) is 24.3 Å². The summed E-state index contributed by atoms with van der Waals surface area (Å²) in [6, 6.07) is 14.6. The van der Waals surface area contributed by atoms with Crippen molar-refractivity contribution in [3.05, 3.63) is 54.1 Å². The highest BCUT2D eigenvalue weighted by molar-refractivity contribution is 6.35. The molecule has 0 aromatic heterocycles. The monoisotopic (exact) mass is 372 g/mol. The molecule has 0 saturated carbocycles. The van der Waals surface area contributed by atoms with Crippen LogP contribution in [0.3, 0.4) is 0 Å². The average Bonchev–Trinajstić information content (AvgIpc) is 2.71. The van der Waals surface area contributed by atoms with Gasteiger partial charge < -0.3 is 24.8 Å². The molecule has 0 unspecified atom stereocenters. The Kier molecular flexibility index (Phi) is 7.96. The fraction of sp³-hybridized carbons (Fsp3) is 0.300. The Morgan fingerprint density at radius 3 is 1.78 bits per heavy atom. The lowest BCUT2D eigenvalue weighted by Crippen LogP contribution is -2.42. The van der Waals surface area contributed by atoms with Crippen molar-refractivity contribution in [2.75, 3.05) is 33.9 Å². The fourth-order valence-corrected chi connectivity index (χ4v) is 2.28. The highest BCUT2D eigenvalue weighted by Crippen LogP contribution is 2.16. The second-order valence-electron chi connectivity index (χ2n) is 5.63. The molecule has 0 radical (unpaired) electrons. The molecule has 0 heterocycles. The Balaban J connectivity index is 1.60. The molecule has 0 bridgehead atoms. The van der Waals surface area contributed by atoms with Crippen LogP contribution in [0.4, 0.5) is 0 Å². The van der Waals surface area contributed by atoms with Crippen molar-refractivity contribution >= 4 is 11.8 Å². The molecular weight excluding hydrogens is 348 g/mol. The number of methoxy groups -OCH3 is 2. The number of ether oxygens (including phenoxy) is 3. The lowest BCUT2D eigenvalue weighted by atomic mass is 10.1. The van der Waals surface area contributed by atoms with Gasteiger partial charge in [-0.2, -0.15) is 0 Å². The Bertz CT molecular complexity index is 729. The van der Waals surface area contributed by atoms with Crippen LogP contribution in [0.5, 0.6) is 17.2 Å². The van der Waals surface area contributed by atoms with Gasteiger partial charge in [0.1, 0.15) is 23.9 Å². The predicted octanol–water partition coefficient (Wildman–Crippen LogP) is 1.56. The molecule has 0 aliphatic heterocycles. The molecule has 27 heavy (non-hydrogen) atoms. The highest BCUT2D eigenvalue weighted by atomic mass is 16.5. The minimum Gasteiger partial charge on any atom is -0.497 e. The molecule has 0 atom stereocenters. The predicted molar refractivity (Wildman–Crippen MR) is 101 cm³/mol. The van der Waals surface area contributed by atoms with E-state index in [4.69, 9.17) is 14.2 Å². The summed E-state index contributed by atoms with van der Waals surface area (Å²) in [5, 5.41) is 5.12. The summed E-state index contributed by atoms with van der Waals surface area (Å²) in [6.07, 6.45) is 0.629. The third-order valence-electron chi connectivity index (χ3n) is 3.78. The van der Waals surface area contributed by atoms with Crippen molar-refractivity contribution in [1.82, 2.24) is 10.6 Å². The van der Waals surface area contributed by atoms with Gasteiger partial charge in [-0.3, -0.25) is 9.59 Å². The highest BCUT2D eigenvalue weighted by Gasteiger charge is 2.12. The van der Waals surface area contributed by atoms with Crippen LogP contribution < -0.4 is 24.8 Å². The zero-order chi connectivity index (χ0) is 19.5. The van der Waals surface area contributed by atoms with Gasteiger partial charge in [-0.25, -0.2) is 0 Å². The van der Waals surface area contributed by atoms with E-state index in [1.54, 1.807) is 38.5 Å². The molecule has 0 spiro atoms. The topological polar surface area (TPSA) is 85.9 Å². The van der Waals surface area contributed by atoms with Gasteiger partial charge in [-0.05, 0) is 48.4 Å². The molecule has 0 aliphatic rings. The maximum absolute atomic E-state index is 11.8. The summed E-state index contributed by atoms with van der Waals surface area (Å²) < 4.78 is 15.6. The number of carbonyl (C=O) groups excluding carboxylic acids is 2. The van der Waals surface area contributed by atoms with E-state index in [9.17, 15) is 9.59 Å². The molecule has 2 N–H and O–H groups in total. The zero-order valence-corrected chi connectivity index (χ0v) is 15.5. The van der Waals surface area contributed by atoms with Crippen LogP contribution in [0.15, 0.2) is 48.5 Å². The minimum absolute atomic E-state index is 0.233. The van der Waals surface area contributed by atoms with E-state index < -0.39 is 11.8 Å². The van der Waals surface area contributed by atoms with E-state index in [0.29, 0.717) is 18.7 Å². The summed E-state index contributed by atoms with van der Waals surface area (Å²) in [5.41, 5.74) is 1.05. The number of carbonyl (C=O) groups is 2. The number of hydrogen-bond acceptors (Lipinski definition) is 5. The minimum atomic E-state index is -0.678. The molecule has 0 aliphatic carbocycles. The third-order valence-corrected chi connectivity index (χ3v) is 3.78. The van der Waals surface area contributed by atoms with E-state index >= 15 is 0 Å². The SMILES string of the molecule is COc1ccc(CCNC(=O)C(=O)NCCOc2ccc(OC)cc2)cc1. The first kappa shape index (κ1) is 20.1. The van der Waals surface area contributed by atoms with Crippen LogP contribution in [-0.2, 0) is 16.0 Å². The first-order chi connectivity index (χ1) is 13.1. The molecule has 2 aromatic rings. The lowest BCUT2D eigenvalue weighted by Gasteiger charge is -2.09. The van der Waals surface area contributed by atoms with Gasteiger partial charge in [0, 0.05) is 6.54 Å². The van der Waals surface area contributed by atoms with Crippen molar-refractivity contribution in [1.29, 1.82) is 0 Å². The van der Waals surface area contributed by atoms with Crippen molar-refractivity contribution in [2.45, 2.75) is 6.42 Å². The Morgan fingerprint density at radius 2 is 1.22 bits per heavy atom. The Hall–Kier alpha value is -3.22. The van der Waals surface area contributed by atoms with Gasteiger partial charge in [0.15, 0.2) is 0 Å². The molecule has 7 nitrogen and oxygen atoms in total. The maximum atomic E-state index is 11.8. The smallest absolute Gasteiger partial charge is 0.309 e. The van der Waals surface area contributed by atoms with E-state index in [2.05, 4.69) is 10.6 Å². The number of nitrogens with one attached hydrogen (secondary N) is 2. The number of benzene rings is 2. The van der Waals surface area contributed by atoms with Gasteiger partial charge in [0.25, 0.3) is 0 Å². The van der Waals surface area contributed by atoms with Gasteiger partial charge in [-0.1, -0.05) is 12.1 Å². The fourth-order valence-electron chi connectivity index (χ4n) is 2.28. The maximum Gasteiger partial charge on any atom is 0.309 e. The first-order valence-corrected chi connectivity index (χ1v) is 8.58. The van der Waals surface area contributed by atoms with Crippen LogP contribution in [0.25, 0.3) is 0 Å². The van der Waals surface area contributed by atoms with Gasteiger partial charge in [0.05, 0.1) is 20.8 Å². The van der Waals surface area contributed by atoms with Crippen molar-refractivity contribution < 1.29 is 23.8 Å². The Morgan fingerprint density at radius 1 is 0.741 bits per heavy atom. The van der Waals surface area contributed by atoms with E-state index in [-0.39, 0.29) is 13.2 Å². The molecule has 0 fully saturated rings. The standard InChI is InChI=1S/C20H24N2O5/c1-25-16-5-3-15(4-6-16)11-12-21-19(23)20(24)22-13-14-27-18-9-7-17(26-2)8-10-18/h3-10H,11-14H2,1-2H3,(H,21,23)(H,22,24). The molecular formula is C20H24N2O5. The second-order valence-corrected chi connectivity index (χ2v) is 5.63. The van der Waals surface area contributed by atoms with E-state index in [1.165, 1.54) is 0 Å². The summed E-state index contributed by atoms with van der Waals surface area (Å²) in [5.74, 6) is 0.839. The van der Waals surface area contributed by atoms with Crippen LogP contribution in [0.2, 0.25) is 0 Å². The van der Waals surface area contributed by atoms with Crippen molar-refractivity contribution in [3.8, 4) is 17.2 Å². The molecule has 2 amide bonds. The summed E-state index contributed by atoms with van der Waals surface area (Å²) in [7, 11) is 3.20. The molecule has 7 heteroatoms. The van der Waals surface area contributed by atoms with Gasteiger partial charge in [0.2, 0.25) is 0 Å². The quantitative estimate of drug-likeness (QED) is 0.515. The number of hydrogen-bond donors (Lipinski definition) is 2. The summed E-state index contributed by atoms with van der Waals surface area (Å²) >= 11 is 0. The van der Waals surface area contributed by atoms with Crippen LogP contribution >= 0.6 is 0 Å². The molecule has 2 aromatic carbocycles.